The van der Waals surface area contributed by atoms with Gasteiger partial charge in [-0.3, -0.25) is 0 Å². The van der Waals surface area contributed by atoms with Crippen LogP contribution in [0.2, 0.25) is 0 Å². The highest BCUT2D eigenvalue weighted by molar-refractivity contribution is 7.86. The van der Waals surface area contributed by atoms with Crippen LogP contribution in [0.5, 0.6) is 0 Å². The quantitative estimate of drug-likeness (QED) is 0.651. The van der Waals surface area contributed by atoms with Gasteiger partial charge in [-0.05, 0) is 39.9 Å². The molecule has 0 aromatic heterocycles. The van der Waals surface area contributed by atoms with Crippen molar-refractivity contribution in [3.8, 4) is 0 Å². The van der Waals surface area contributed by atoms with Gasteiger partial charge in [0, 0.05) is 39.3 Å². The first-order chi connectivity index (χ1) is 9.39. The number of rotatable bonds is 8. The predicted molar refractivity (Wildman–Crippen MR) is 83.0 cm³/mol. The lowest BCUT2D eigenvalue weighted by atomic mass is 10.2. The average Bonchev–Trinajstić information content (AvgIpc) is 2.37. The van der Waals surface area contributed by atoms with Crippen LogP contribution in [-0.2, 0) is 10.2 Å². The third-order valence-electron chi connectivity index (χ3n) is 3.71. The normalized spacial score (nSPS) is 22.6. The highest BCUT2D eigenvalue weighted by atomic mass is 32.2. The Kier molecular flexibility index (Phi) is 7.39. The van der Waals surface area contributed by atoms with E-state index in [-0.39, 0.29) is 6.04 Å². The molecule has 20 heavy (non-hydrogen) atoms. The molecule has 0 aliphatic carbocycles. The fourth-order valence-electron chi connectivity index (χ4n) is 2.49. The van der Waals surface area contributed by atoms with Crippen LogP contribution in [0.1, 0.15) is 26.7 Å². The summed E-state index contributed by atoms with van der Waals surface area (Å²) in [7, 11) is 0.397. The molecule has 1 fully saturated rings. The van der Waals surface area contributed by atoms with Gasteiger partial charge in [0.05, 0.1) is 0 Å². The summed E-state index contributed by atoms with van der Waals surface area (Å²) in [4.78, 5) is 2.17. The van der Waals surface area contributed by atoms with Gasteiger partial charge < -0.3 is 10.2 Å². The van der Waals surface area contributed by atoms with Gasteiger partial charge in [0.25, 0.3) is 10.2 Å². The van der Waals surface area contributed by atoms with E-state index in [1.54, 1.807) is 11.4 Å². The van der Waals surface area contributed by atoms with Crippen LogP contribution in [0, 0.1) is 0 Å². The van der Waals surface area contributed by atoms with Gasteiger partial charge in [-0.15, -0.1) is 0 Å². The van der Waals surface area contributed by atoms with E-state index < -0.39 is 10.2 Å². The molecule has 1 unspecified atom stereocenters. The van der Waals surface area contributed by atoms with Crippen LogP contribution < -0.4 is 5.32 Å². The molecule has 1 aliphatic rings. The van der Waals surface area contributed by atoms with E-state index in [0.29, 0.717) is 13.1 Å². The van der Waals surface area contributed by atoms with E-state index in [9.17, 15) is 8.42 Å². The summed E-state index contributed by atoms with van der Waals surface area (Å²) >= 11 is 0. The van der Waals surface area contributed by atoms with Crippen molar-refractivity contribution in [1.82, 2.24) is 18.8 Å². The summed E-state index contributed by atoms with van der Waals surface area (Å²) in [6.07, 6.45) is 1.95. The van der Waals surface area contributed by atoms with Crippen molar-refractivity contribution in [2.75, 3.05) is 53.4 Å². The minimum Gasteiger partial charge on any atom is -0.317 e. The zero-order chi connectivity index (χ0) is 15.2. The lowest BCUT2D eigenvalue weighted by Crippen LogP contribution is -2.56. The Labute approximate surface area is 124 Å². The molecule has 1 atom stereocenters. The van der Waals surface area contributed by atoms with Crippen LogP contribution >= 0.6 is 0 Å². The molecular weight excluding hydrogens is 276 g/mol. The first-order valence-corrected chi connectivity index (χ1v) is 8.91. The maximum atomic E-state index is 12.5. The molecule has 7 heteroatoms. The summed E-state index contributed by atoms with van der Waals surface area (Å²) in [6.45, 7) is 8.71. The molecule has 0 radical (unpaired) electrons. The summed E-state index contributed by atoms with van der Waals surface area (Å²) in [6, 6.07) is 0.0411. The molecule has 1 rings (SSSR count). The van der Waals surface area contributed by atoms with Crippen molar-refractivity contribution >= 4 is 10.2 Å². The monoisotopic (exact) mass is 306 g/mol. The zero-order valence-electron chi connectivity index (χ0n) is 13.3. The molecule has 6 nitrogen and oxygen atoms in total. The van der Waals surface area contributed by atoms with Crippen LogP contribution in [0.3, 0.4) is 0 Å². The van der Waals surface area contributed by atoms with Gasteiger partial charge in [0.15, 0.2) is 0 Å². The van der Waals surface area contributed by atoms with Gasteiger partial charge in [-0.2, -0.15) is 17.0 Å². The number of piperazine rings is 1. The van der Waals surface area contributed by atoms with Crippen LogP contribution in [-0.4, -0.2) is 81.3 Å². The Morgan fingerprint density at radius 3 is 2.60 bits per heavy atom. The largest absolute Gasteiger partial charge is 0.317 e. The van der Waals surface area contributed by atoms with E-state index in [2.05, 4.69) is 17.1 Å². The number of hydrogen-bond donors (Lipinski definition) is 1. The molecule has 0 bridgehead atoms. The SMILES string of the molecule is CCCNCCCN(C)S(=O)(=O)N1CCN(C)CC1C. The highest BCUT2D eigenvalue weighted by Gasteiger charge is 2.33. The Bertz CT molecular complexity index is 375. The van der Waals surface area contributed by atoms with Crippen molar-refractivity contribution in [2.45, 2.75) is 32.7 Å². The van der Waals surface area contributed by atoms with Crippen molar-refractivity contribution in [2.24, 2.45) is 0 Å². The molecule has 0 aromatic rings. The zero-order valence-corrected chi connectivity index (χ0v) is 14.1. The van der Waals surface area contributed by atoms with Gasteiger partial charge in [-0.25, -0.2) is 0 Å². The Morgan fingerprint density at radius 2 is 2.00 bits per heavy atom. The van der Waals surface area contributed by atoms with Crippen LogP contribution in [0.15, 0.2) is 0 Å². The summed E-state index contributed by atoms with van der Waals surface area (Å²) in [5, 5.41) is 3.29. The van der Waals surface area contributed by atoms with Crippen molar-refractivity contribution in [3.63, 3.8) is 0 Å². The number of nitrogens with zero attached hydrogens (tertiary/aromatic N) is 3. The smallest absolute Gasteiger partial charge is 0.282 e. The first kappa shape index (κ1) is 17.8. The van der Waals surface area contributed by atoms with E-state index in [1.165, 1.54) is 4.31 Å². The maximum absolute atomic E-state index is 12.5. The molecule has 120 valence electrons. The fourth-order valence-corrected chi connectivity index (χ4v) is 4.04. The van der Waals surface area contributed by atoms with Gasteiger partial charge >= 0.3 is 0 Å². The van der Waals surface area contributed by atoms with E-state index >= 15 is 0 Å². The van der Waals surface area contributed by atoms with Crippen molar-refractivity contribution in [1.29, 1.82) is 0 Å². The van der Waals surface area contributed by atoms with Crippen LogP contribution in [0.25, 0.3) is 0 Å². The van der Waals surface area contributed by atoms with E-state index in [4.69, 9.17) is 0 Å². The maximum Gasteiger partial charge on any atom is 0.282 e. The lowest BCUT2D eigenvalue weighted by molar-refractivity contribution is 0.163. The molecule has 0 spiro atoms. The number of likely N-dealkylation sites (N-methyl/N-ethyl adjacent to an activating group) is 1. The van der Waals surface area contributed by atoms with Gasteiger partial charge in [0.1, 0.15) is 0 Å². The minimum atomic E-state index is -3.32. The lowest BCUT2D eigenvalue weighted by Gasteiger charge is -2.38. The number of hydrogen-bond acceptors (Lipinski definition) is 4. The Hall–Kier alpha value is -0.210. The van der Waals surface area contributed by atoms with Gasteiger partial charge in [0.2, 0.25) is 0 Å². The summed E-state index contributed by atoms with van der Waals surface area (Å²) < 4.78 is 28.2. The fraction of sp³-hybridized carbons (Fsp3) is 1.00. The standard InChI is InChI=1S/C13H30N4O2S/c1-5-7-14-8-6-9-16(4)20(18,19)17-11-10-15(3)12-13(17)2/h13-14H,5-12H2,1-4H3. The molecular formula is C13H30N4O2S. The molecule has 1 N–H and O–H groups in total. The molecule has 1 aliphatic heterocycles. The molecule has 0 saturated carbocycles. The molecule has 1 saturated heterocycles. The molecule has 0 aromatic carbocycles. The van der Waals surface area contributed by atoms with Crippen molar-refractivity contribution < 1.29 is 8.42 Å². The second-order valence-electron chi connectivity index (χ2n) is 5.65. The predicted octanol–water partition coefficient (Wildman–Crippen LogP) is 0.189. The van der Waals surface area contributed by atoms with E-state index in [1.807, 2.05) is 14.0 Å². The third-order valence-corrected chi connectivity index (χ3v) is 5.82. The second-order valence-corrected chi connectivity index (χ2v) is 7.64. The highest BCUT2D eigenvalue weighted by Crippen LogP contribution is 2.15. The topological polar surface area (TPSA) is 55.9 Å². The minimum absolute atomic E-state index is 0.0411. The summed E-state index contributed by atoms with van der Waals surface area (Å²) in [5.41, 5.74) is 0. The van der Waals surface area contributed by atoms with E-state index in [0.717, 1.165) is 39.0 Å². The first-order valence-electron chi connectivity index (χ1n) is 7.52. The molecule has 0 amide bonds. The third kappa shape index (κ3) is 4.96. The van der Waals surface area contributed by atoms with Crippen molar-refractivity contribution in [3.05, 3.63) is 0 Å². The second kappa shape index (κ2) is 8.29. The van der Waals surface area contributed by atoms with Gasteiger partial charge in [-0.1, -0.05) is 6.92 Å². The Morgan fingerprint density at radius 1 is 1.30 bits per heavy atom. The number of nitrogens with one attached hydrogen (secondary N) is 1. The molecule has 1 heterocycles. The van der Waals surface area contributed by atoms with Crippen LogP contribution in [0.4, 0.5) is 0 Å². The summed E-state index contributed by atoms with van der Waals surface area (Å²) in [5.74, 6) is 0. The Balaban J connectivity index is 2.46. The average molecular weight is 306 g/mol.